The van der Waals surface area contributed by atoms with Gasteiger partial charge in [0.05, 0.1) is 24.5 Å². The van der Waals surface area contributed by atoms with Crippen LogP contribution in [-0.4, -0.2) is 61.5 Å². The smallest absolute Gasteiger partial charge is 0.253 e. The van der Waals surface area contributed by atoms with E-state index in [2.05, 4.69) is 26.2 Å². The highest BCUT2D eigenvalue weighted by molar-refractivity contribution is 6.08. The van der Waals surface area contributed by atoms with Crippen LogP contribution in [0.5, 0.6) is 5.75 Å². The monoisotopic (exact) mass is 482 g/mol. The molecule has 3 heterocycles. The first-order valence-corrected chi connectivity index (χ1v) is 11.8. The molecule has 0 saturated carbocycles. The molecule has 1 aromatic carbocycles. The zero-order valence-electron chi connectivity index (χ0n) is 20.0. The minimum absolute atomic E-state index is 0.0908. The van der Waals surface area contributed by atoms with Crippen LogP contribution < -0.4 is 25.6 Å². The van der Waals surface area contributed by atoms with Crippen molar-refractivity contribution in [2.75, 3.05) is 24.6 Å². The Hall–Kier alpha value is -3.76. The van der Waals surface area contributed by atoms with E-state index in [1.165, 1.54) is 11.8 Å². The lowest BCUT2D eigenvalue weighted by atomic mass is 9.98. The van der Waals surface area contributed by atoms with Crippen LogP contribution in [-0.2, 0) is 25.6 Å². The molecule has 3 N–H and O–H groups in total. The molecule has 0 aliphatic carbocycles. The second-order valence-corrected chi connectivity index (χ2v) is 8.97. The first-order valence-electron chi connectivity index (χ1n) is 11.8. The van der Waals surface area contributed by atoms with E-state index in [0.717, 1.165) is 5.56 Å². The summed E-state index contributed by atoms with van der Waals surface area (Å²) in [6.45, 7) is 5.73. The van der Waals surface area contributed by atoms with E-state index in [-0.39, 0.29) is 30.9 Å². The SMILES string of the molecule is CC[C@H](C)[C@H](NC(C)=O)C(=O)N[C@H]1COc2cccc3c2N(C1=O)[C@H](C(=O)NCC1=CCN=N1)C3. The molecule has 0 radical (unpaired) electrons. The second-order valence-electron chi connectivity index (χ2n) is 8.97. The summed E-state index contributed by atoms with van der Waals surface area (Å²) >= 11 is 0. The molecule has 11 nitrogen and oxygen atoms in total. The number of hydrogen-bond donors (Lipinski definition) is 3. The van der Waals surface area contributed by atoms with Gasteiger partial charge in [-0.3, -0.25) is 24.1 Å². The Morgan fingerprint density at radius 3 is 2.77 bits per heavy atom. The van der Waals surface area contributed by atoms with Gasteiger partial charge in [-0.2, -0.15) is 10.2 Å². The highest BCUT2D eigenvalue weighted by Gasteiger charge is 2.45. The molecule has 0 fully saturated rings. The Labute approximate surface area is 203 Å². The number of carbonyl (C=O) groups excluding carboxylic acids is 4. The summed E-state index contributed by atoms with van der Waals surface area (Å²) in [5.41, 5.74) is 2.03. The lowest BCUT2D eigenvalue weighted by Crippen LogP contribution is -2.59. The van der Waals surface area contributed by atoms with Gasteiger partial charge in [-0.25, -0.2) is 0 Å². The van der Waals surface area contributed by atoms with E-state index in [1.54, 1.807) is 6.07 Å². The van der Waals surface area contributed by atoms with Gasteiger partial charge in [-0.15, -0.1) is 0 Å². The minimum atomic E-state index is -1.03. The van der Waals surface area contributed by atoms with Crippen LogP contribution in [0.1, 0.15) is 32.8 Å². The van der Waals surface area contributed by atoms with Crippen molar-refractivity contribution in [2.24, 2.45) is 16.1 Å². The van der Waals surface area contributed by atoms with Crippen molar-refractivity contribution < 1.29 is 23.9 Å². The van der Waals surface area contributed by atoms with Gasteiger partial charge in [-0.1, -0.05) is 32.4 Å². The molecule has 3 aliphatic heterocycles. The number of benzene rings is 1. The molecule has 3 aliphatic rings. The van der Waals surface area contributed by atoms with Crippen molar-refractivity contribution in [3.63, 3.8) is 0 Å². The van der Waals surface area contributed by atoms with Crippen LogP contribution in [0, 0.1) is 5.92 Å². The van der Waals surface area contributed by atoms with Crippen LogP contribution in [0.3, 0.4) is 0 Å². The third-order valence-electron chi connectivity index (χ3n) is 6.51. The predicted molar refractivity (Wildman–Crippen MR) is 127 cm³/mol. The van der Waals surface area contributed by atoms with E-state index in [9.17, 15) is 19.2 Å². The molecular weight excluding hydrogens is 452 g/mol. The van der Waals surface area contributed by atoms with E-state index < -0.39 is 29.9 Å². The highest BCUT2D eigenvalue weighted by Crippen LogP contribution is 2.42. The van der Waals surface area contributed by atoms with Gasteiger partial charge < -0.3 is 20.7 Å². The number of nitrogens with zero attached hydrogens (tertiary/aromatic N) is 3. The fourth-order valence-electron chi connectivity index (χ4n) is 4.47. The van der Waals surface area contributed by atoms with Gasteiger partial charge >= 0.3 is 0 Å². The molecular formula is C24H30N6O5. The number of hydrogen-bond acceptors (Lipinski definition) is 7. The number of amides is 4. The molecule has 4 atom stereocenters. The zero-order valence-corrected chi connectivity index (χ0v) is 20.0. The van der Waals surface area contributed by atoms with Crippen molar-refractivity contribution in [2.45, 2.75) is 51.7 Å². The Morgan fingerprint density at radius 2 is 2.09 bits per heavy atom. The van der Waals surface area contributed by atoms with Crippen LogP contribution in [0.2, 0.25) is 0 Å². The highest BCUT2D eigenvalue weighted by atomic mass is 16.5. The van der Waals surface area contributed by atoms with E-state index in [0.29, 0.717) is 36.5 Å². The summed E-state index contributed by atoms with van der Waals surface area (Å²) in [4.78, 5) is 53.0. The Bertz CT molecular complexity index is 1100. The summed E-state index contributed by atoms with van der Waals surface area (Å²) in [5, 5.41) is 16.1. The average Bonchev–Trinajstić information content (AvgIpc) is 3.47. The maximum Gasteiger partial charge on any atom is 0.253 e. The third-order valence-corrected chi connectivity index (χ3v) is 6.51. The van der Waals surface area contributed by atoms with Crippen molar-refractivity contribution >= 4 is 29.3 Å². The maximum atomic E-state index is 13.7. The summed E-state index contributed by atoms with van der Waals surface area (Å²) < 4.78 is 5.91. The molecule has 4 rings (SSSR count). The standard InChI is InChI=1S/C24H30N6O5/c1-4-13(2)20(27-14(3)31)23(33)28-17-12-35-19-7-5-6-15-10-18(30(21(15)19)24(17)34)22(32)25-11-16-8-9-26-29-16/h5-8,13,17-18,20H,4,9-12H2,1-3H3,(H,25,32)(H,27,31)(H,28,33)/t13-,17-,18-,20-/m0/s1. The molecule has 0 unspecified atom stereocenters. The molecule has 0 aromatic heterocycles. The molecule has 11 heteroatoms. The number of rotatable bonds is 8. The first-order chi connectivity index (χ1) is 16.8. The van der Waals surface area contributed by atoms with E-state index in [1.807, 2.05) is 32.1 Å². The third kappa shape index (κ3) is 5.03. The van der Waals surface area contributed by atoms with Crippen LogP contribution in [0.4, 0.5) is 5.69 Å². The molecule has 0 bridgehead atoms. The van der Waals surface area contributed by atoms with Crippen molar-refractivity contribution in [3.8, 4) is 5.75 Å². The molecule has 0 saturated heterocycles. The minimum Gasteiger partial charge on any atom is -0.489 e. The Morgan fingerprint density at radius 1 is 1.29 bits per heavy atom. The fraction of sp³-hybridized carbons (Fsp3) is 0.500. The van der Waals surface area contributed by atoms with Crippen LogP contribution >= 0.6 is 0 Å². The Kier molecular flexibility index (Phi) is 7.13. The molecule has 186 valence electrons. The maximum absolute atomic E-state index is 13.7. The number of anilines is 1. The molecule has 0 spiro atoms. The zero-order chi connectivity index (χ0) is 25.1. The summed E-state index contributed by atoms with van der Waals surface area (Å²) in [6, 6.07) is 2.81. The normalized spacial score (nSPS) is 21.9. The largest absolute Gasteiger partial charge is 0.489 e. The first kappa shape index (κ1) is 24.4. The average molecular weight is 483 g/mol. The van der Waals surface area contributed by atoms with Crippen molar-refractivity contribution in [1.29, 1.82) is 0 Å². The van der Waals surface area contributed by atoms with Crippen LogP contribution in [0.25, 0.3) is 0 Å². The second kappa shape index (κ2) is 10.2. The fourth-order valence-corrected chi connectivity index (χ4v) is 4.47. The summed E-state index contributed by atoms with van der Waals surface area (Å²) in [6.07, 6.45) is 2.81. The lowest BCUT2D eigenvalue weighted by Gasteiger charge is -2.28. The number of ether oxygens (including phenoxy) is 1. The molecule has 35 heavy (non-hydrogen) atoms. The topological polar surface area (TPSA) is 142 Å². The number of carbonyl (C=O) groups is 4. The van der Waals surface area contributed by atoms with Gasteiger partial charge in [0, 0.05) is 13.3 Å². The number of para-hydroxylation sites is 1. The summed E-state index contributed by atoms with van der Waals surface area (Å²) in [5.74, 6) is -1.23. The van der Waals surface area contributed by atoms with E-state index in [4.69, 9.17) is 4.74 Å². The van der Waals surface area contributed by atoms with Crippen molar-refractivity contribution in [1.82, 2.24) is 16.0 Å². The van der Waals surface area contributed by atoms with Gasteiger partial charge in [0.15, 0.2) is 0 Å². The quantitative estimate of drug-likeness (QED) is 0.503. The lowest BCUT2D eigenvalue weighted by molar-refractivity contribution is -0.133. The Balaban J connectivity index is 1.55. The predicted octanol–water partition coefficient (Wildman–Crippen LogP) is 0.838. The van der Waals surface area contributed by atoms with Gasteiger partial charge in [0.2, 0.25) is 17.7 Å². The number of nitrogens with one attached hydrogen (secondary N) is 3. The van der Waals surface area contributed by atoms with Gasteiger partial charge in [-0.05, 0) is 23.6 Å². The molecule has 4 amide bonds. The summed E-state index contributed by atoms with van der Waals surface area (Å²) in [7, 11) is 0. The van der Waals surface area contributed by atoms with Gasteiger partial charge in [0.1, 0.15) is 30.5 Å². The number of azo groups is 1. The van der Waals surface area contributed by atoms with E-state index >= 15 is 0 Å². The molecule has 1 aromatic rings. The van der Waals surface area contributed by atoms with Crippen LogP contribution in [0.15, 0.2) is 40.2 Å². The van der Waals surface area contributed by atoms with Gasteiger partial charge in [0.25, 0.3) is 5.91 Å². The van der Waals surface area contributed by atoms with Crippen molar-refractivity contribution in [3.05, 3.63) is 35.5 Å².